The van der Waals surface area contributed by atoms with Gasteiger partial charge in [-0.3, -0.25) is 9.59 Å². The molecule has 1 amide bonds. The Bertz CT molecular complexity index is 699. The van der Waals surface area contributed by atoms with Crippen LogP contribution in [0.3, 0.4) is 0 Å². The molecule has 1 N–H and O–H groups in total. The van der Waals surface area contributed by atoms with Gasteiger partial charge in [-0.15, -0.1) is 0 Å². The molecule has 0 saturated heterocycles. The molecule has 1 saturated carbocycles. The van der Waals surface area contributed by atoms with Crippen molar-refractivity contribution in [2.24, 2.45) is 0 Å². The molecule has 1 aliphatic rings. The minimum Gasteiger partial charge on any atom is -0.330 e. The van der Waals surface area contributed by atoms with Crippen molar-refractivity contribution in [3.8, 4) is 0 Å². The molecule has 1 aromatic carbocycles. The van der Waals surface area contributed by atoms with Gasteiger partial charge in [-0.25, -0.2) is 0 Å². The summed E-state index contributed by atoms with van der Waals surface area (Å²) < 4.78 is 0. The lowest BCUT2D eigenvalue weighted by Crippen LogP contribution is -2.34. The second-order valence-corrected chi connectivity index (χ2v) is 5.58. The second kappa shape index (κ2) is 5.56. The summed E-state index contributed by atoms with van der Waals surface area (Å²) in [6.07, 6.45) is 2.07. The van der Waals surface area contributed by atoms with E-state index in [0.717, 1.165) is 18.4 Å². The van der Waals surface area contributed by atoms with Gasteiger partial charge in [-0.1, -0.05) is 35.9 Å². The summed E-state index contributed by atoms with van der Waals surface area (Å²) in [5.41, 5.74) is 2.43. The highest BCUT2D eigenvalue weighted by Gasteiger charge is 2.33. The molecule has 4 heteroatoms. The van der Waals surface area contributed by atoms with Gasteiger partial charge in [0.15, 0.2) is 0 Å². The van der Waals surface area contributed by atoms with E-state index in [1.54, 1.807) is 12.1 Å². The molecule has 0 spiro atoms. The molecule has 1 aromatic heterocycles. The molecule has 21 heavy (non-hydrogen) atoms. The minimum atomic E-state index is -0.244. The number of rotatable bonds is 4. The highest BCUT2D eigenvalue weighted by Crippen LogP contribution is 2.29. The summed E-state index contributed by atoms with van der Waals surface area (Å²) in [4.78, 5) is 28.5. The van der Waals surface area contributed by atoms with Crippen LogP contribution >= 0.6 is 0 Å². The molecule has 0 bridgehead atoms. The van der Waals surface area contributed by atoms with E-state index in [1.807, 2.05) is 24.0 Å². The van der Waals surface area contributed by atoms with E-state index in [-0.39, 0.29) is 11.5 Å². The third kappa shape index (κ3) is 3.21. The normalized spacial score (nSPS) is 14.0. The highest BCUT2D eigenvalue weighted by molar-refractivity contribution is 5.92. The summed E-state index contributed by atoms with van der Waals surface area (Å²) in [6.45, 7) is 2.63. The molecule has 1 aliphatic carbocycles. The molecular formula is C17H18N2O2. The third-order valence-electron chi connectivity index (χ3n) is 3.72. The van der Waals surface area contributed by atoms with Crippen molar-refractivity contribution in [1.29, 1.82) is 0 Å². The van der Waals surface area contributed by atoms with Crippen LogP contribution in [0.2, 0.25) is 0 Å². The van der Waals surface area contributed by atoms with Gasteiger partial charge in [0.1, 0.15) is 5.69 Å². The van der Waals surface area contributed by atoms with E-state index in [0.29, 0.717) is 18.3 Å². The number of aromatic amines is 1. The Balaban J connectivity index is 1.83. The van der Waals surface area contributed by atoms with Crippen LogP contribution in [0.1, 0.15) is 34.5 Å². The standard InChI is InChI=1S/C17H18N2O2/c1-12-5-7-13(8-6-12)11-19(14-9-10-14)17(21)15-3-2-4-16(20)18-15/h2-8,14H,9-11H2,1H3,(H,18,20). The van der Waals surface area contributed by atoms with Crippen molar-refractivity contribution in [2.45, 2.75) is 32.4 Å². The zero-order valence-corrected chi connectivity index (χ0v) is 12.0. The van der Waals surface area contributed by atoms with Gasteiger partial charge in [0.2, 0.25) is 5.56 Å². The Morgan fingerprint density at radius 3 is 2.52 bits per heavy atom. The van der Waals surface area contributed by atoms with Gasteiger partial charge in [0.25, 0.3) is 5.91 Å². The van der Waals surface area contributed by atoms with Gasteiger partial charge in [-0.05, 0) is 31.4 Å². The molecule has 0 aliphatic heterocycles. The predicted molar refractivity (Wildman–Crippen MR) is 81.1 cm³/mol. The fourth-order valence-electron chi connectivity index (χ4n) is 2.37. The van der Waals surface area contributed by atoms with Gasteiger partial charge >= 0.3 is 0 Å². The average Bonchev–Trinajstić information content (AvgIpc) is 3.30. The van der Waals surface area contributed by atoms with E-state index < -0.39 is 0 Å². The Morgan fingerprint density at radius 1 is 1.19 bits per heavy atom. The summed E-state index contributed by atoms with van der Waals surface area (Å²) in [5, 5.41) is 0. The first-order valence-electron chi connectivity index (χ1n) is 7.19. The van der Waals surface area contributed by atoms with Crippen molar-refractivity contribution in [3.05, 3.63) is 69.6 Å². The number of amides is 1. The SMILES string of the molecule is Cc1ccc(CN(C(=O)c2cccc(=O)[nH]2)C2CC2)cc1. The fraction of sp³-hybridized carbons (Fsp3) is 0.294. The van der Waals surface area contributed by atoms with Crippen LogP contribution in [0.25, 0.3) is 0 Å². The molecular weight excluding hydrogens is 264 g/mol. The first-order chi connectivity index (χ1) is 10.1. The van der Waals surface area contributed by atoms with Crippen molar-refractivity contribution >= 4 is 5.91 Å². The number of hydrogen-bond acceptors (Lipinski definition) is 2. The minimum absolute atomic E-state index is 0.101. The first kappa shape index (κ1) is 13.6. The highest BCUT2D eigenvalue weighted by atomic mass is 16.2. The van der Waals surface area contributed by atoms with Crippen LogP contribution in [0.4, 0.5) is 0 Å². The summed E-state index contributed by atoms with van der Waals surface area (Å²) >= 11 is 0. The molecule has 0 radical (unpaired) electrons. The topological polar surface area (TPSA) is 53.2 Å². The lowest BCUT2D eigenvalue weighted by Gasteiger charge is -2.22. The van der Waals surface area contributed by atoms with Crippen LogP contribution in [0.15, 0.2) is 47.3 Å². The van der Waals surface area contributed by atoms with Gasteiger partial charge in [0, 0.05) is 18.7 Å². The number of carbonyl (C=O) groups excluding carboxylic acids is 1. The molecule has 3 rings (SSSR count). The number of carbonyl (C=O) groups is 1. The van der Waals surface area contributed by atoms with E-state index in [1.165, 1.54) is 11.6 Å². The van der Waals surface area contributed by atoms with E-state index in [9.17, 15) is 9.59 Å². The maximum Gasteiger partial charge on any atom is 0.270 e. The summed E-state index contributed by atoms with van der Waals surface area (Å²) in [6, 6.07) is 13.2. The van der Waals surface area contributed by atoms with Crippen LogP contribution in [-0.2, 0) is 6.54 Å². The van der Waals surface area contributed by atoms with Crippen molar-refractivity contribution < 1.29 is 4.79 Å². The smallest absolute Gasteiger partial charge is 0.270 e. The number of nitrogens with zero attached hydrogens (tertiary/aromatic N) is 1. The molecule has 2 aromatic rings. The molecule has 0 unspecified atom stereocenters. The maximum absolute atomic E-state index is 12.6. The zero-order chi connectivity index (χ0) is 14.8. The number of aromatic nitrogens is 1. The van der Waals surface area contributed by atoms with Crippen molar-refractivity contribution in [3.63, 3.8) is 0 Å². The van der Waals surface area contributed by atoms with Gasteiger partial charge in [-0.2, -0.15) is 0 Å². The van der Waals surface area contributed by atoms with Gasteiger partial charge < -0.3 is 9.88 Å². The number of pyridine rings is 1. The van der Waals surface area contributed by atoms with Crippen LogP contribution < -0.4 is 5.56 Å². The number of benzene rings is 1. The van der Waals surface area contributed by atoms with E-state index >= 15 is 0 Å². The Morgan fingerprint density at radius 2 is 1.90 bits per heavy atom. The van der Waals surface area contributed by atoms with Crippen LogP contribution in [0, 0.1) is 6.92 Å². The Kier molecular flexibility index (Phi) is 3.60. The molecule has 0 atom stereocenters. The monoisotopic (exact) mass is 282 g/mol. The molecule has 1 heterocycles. The fourth-order valence-corrected chi connectivity index (χ4v) is 2.37. The van der Waals surface area contributed by atoms with E-state index in [4.69, 9.17) is 0 Å². The quantitative estimate of drug-likeness (QED) is 0.936. The van der Waals surface area contributed by atoms with Crippen LogP contribution in [-0.4, -0.2) is 21.8 Å². The Hall–Kier alpha value is -2.36. The Labute approximate surface area is 123 Å². The largest absolute Gasteiger partial charge is 0.330 e. The van der Waals surface area contributed by atoms with Crippen molar-refractivity contribution in [1.82, 2.24) is 9.88 Å². The van der Waals surface area contributed by atoms with Crippen LogP contribution in [0.5, 0.6) is 0 Å². The molecule has 4 nitrogen and oxygen atoms in total. The third-order valence-corrected chi connectivity index (χ3v) is 3.72. The number of hydrogen-bond donors (Lipinski definition) is 1. The average molecular weight is 282 g/mol. The second-order valence-electron chi connectivity index (χ2n) is 5.58. The summed E-state index contributed by atoms with van der Waals surface area (Å²) in [5.74, 6) is -0.101. The number of aryl methyl sites for hydroxylation is 1. The summed E-state index contributed by atoms with van der Waals surface area (Å²) in [7, 11) is 0. The zero-order valence-electron chi connectivity index (χ0n) is 12.0. The lowest BCUT2D eigenvalue weighted by molar-refractivity contribution is 0.0723. The predicted octanol–water partition coefficient (Wildman–Crippen LogP) is 2.49. The van der Waals surface area contributed by atoms with Gasteiger partial charge in [0.05, 0.1) is 0 Å². The number of nitrogens with one attached hydrogen (secondary N) is 1. The molecule has 108 valence electrons. The molecule has 1 fully saturated rings. The first-order valence-corrected chi connectivity index (χ1v) is 7.19. The van der Waals surface area contributed by atoms with Crippen molar-refractivity contribution in [2.75, 3.05) is 0 Å². The lowest BCUT2D eigenvalue weighted by atomic mass is 10.1. The van der Waals surface area contributed by atoms with E-state index in [2.05, 4.69) is 17.1 Å². The number of H-pyrrole nitrogens is 1. The maximum atomic E-state index is 12.6.